The summed E-state index contributed by atoms with van der Waals surface area (Å²) in [6.45, 7) is 3.21. The molecule has 1 aromatic rings. The molecule has 0 bridgehead atoms. The second-order valence-corrected chi connectivity index (χ2v) is 5.74. The highest BCUT2D eigenvalue weighted by atomic mass is 16.8. The molecule has 0 aliphatic carbocycles. The fraction of sp³-hybridized carbons (Fsp3) is 0.533. The molecule has 1 aromatic carbocycles. The van der Waals surface area contributed by atoms with Gasteiger partial charge in [0.25, 0.3) is 0 Å². The minimum Gasteiger partial charge on any atom is -0.424 e. The lowest BCUT2D eigenvalue weighted by atomic mass is 10.1. The van der Waals surface area contributed by atoms with Crippen LogP contribution in [0.3, 0.4) is 0 Å². The van der Waals surface area contributed by atoms with Crippen LogP contribution in [0.2, 0.25) is 0 Å². The van der Waals surface area contributed by atoms with Crippen LogP contribution in [0.15, 0.2) is 24.3 Å². The zero-order valence-corrected chi connectivity index (χ0v) is 12.3. The SMILES string of the molecule is CC1(C)O[C@@H]2[C@H](O)C(O)OCc3ccccc3OC(=O)[C@@H]2O1. The van der Waals surface area contributed by atoms with E-state index in [2.05, 4.69) is 0 Å². The lowest BCUT2D eigenvalue weighted by molar-refractivity contribution is -0.211. The first-order valence-electron chi connectivity index (χ1n) is 7.00. The van der Waals surface area contributed by atoms with E-state index < -0.39 is 36.4 Å². The third-order valence-corrected chi connectivity index (χ3v) is 3.58. The van der Waals surface area contributed by atoms with Crippen LogP contribution in [-0.4, -0.2) is 46.6 Å². The van der Waals surface area contributed by atoms with Gasteiger partial charge in [-0.25, -0.2) is 4.79 Å². The van der Waals surface area contributed by atoms with Crippen LogP contribution >= 0.6 is 0 Å². The molecular formula is C15H18O7. The van der Waals surface area contributed by atoms with E-state index in [1.807, 2.05) is 0 Å². The van der Waals surface area contributed by atoms with Crippen LogP contribution in [0.25, 0.3) is 0 Å². The first-order valence-corrected chi connectivity index (χ1v) is 7.00. The van der Waals surface area contributed by atoms with Gasteiger partial charge in [-0.15, -0.1) is 0 Å². The first kappa shape index (κ1) is 15.4. The van der Waals surface area contributed by atoms with Crippen molar-refractivity contribution in [3.05, 3.63) is 29.8 Å². The quantitative estimate of drug-likeness (QED) is 0.526. The van der Waals surface area contributed by atoms with Crippen molar-refractivity contribution >= 4 is 5.97 Å². The molecule has 0 amide bonds. The summed E-state index contributed by atoms with van der Waals surface area (Å²) in [4.78, 5) is 12.4. The predicted octanol–water partition coefficient (Wildman–Crippen LogP) is 0.322. The number of aliphatic hydroxyl groups excluding tert-OH is 2. The summed E-state index contributed by atoms with van der Waals surface area (Å²) in [7, 11) is 0. The molecule has 2 aliphatic rings. The fourth-order valence-electron chi connectivity index (χ4n) is 2.55. The van der Waals surface area contributed by atoms with Gasteiger partial charge in [-0.2, -0.15) is 0 Å². The summed E-state index contributed by atoms with van der Waals surface area (Å²) in [6.07, 6.45) is -5.19. The molecule has 0 aromatic heterocycles. The molecule has 7 heteroatoms. The normalized spacial score (nSPS) is 34.5. The lowest BCUT2D eigenvalue weighted by Crippen LogP contribution is -2.48. The van der Waals surface area contributed by atoms with Crippen LogP contribution in [0.1, 0.15) is 19.4 Å². The van der Waals surface area contributed by atoms with Gasteiger partial charge in [0.2, 0.25) is 0 Å². The molecule has 1 unspecified atom stereocenters. The Morgan fingerprint density at radius 3 is 2.68 bits per heavy atom. The van der Waals surface area contributed by atoms with Gasteiger partial charge in [-0.05, 0) is 19.9 Å². The van der Waals surface area contributed by atoms with Crippen molar-refractivity contribution in [2.24, 2.45) is 0 Å². The maximum absolute atomic E-state index is 12.4. The Kier molecular flexibility index (Phi) is 3.92. The van der Waals surface area contributed by atoms with Crippen LogP contribution < -0.4 is 4.74 Å². The number of fused-ring (bicyclic) bond motifs is 2. The molecule has 2 aliphatic heterocycles. The number of hydrogen-bond donors (Lipinski definition) is 2. The minimum absolute atomic E-state index is 0.0106. The molecule has 120 valence electrons. The molecular weight excluding hydrogens is 292 g/mol. The van der Waals surface area contributed by atoms with Crippen LogP contribution in [-0.2, 0) is 25.6 Å². The zero-order valence-electron chi connectivity index (χ0n) is 12.3. The summed E-state index contributed by atoms with van der Waals surface area (Å²) in [5.41, 5.74) is 0.582. The number of esters is 1. The van der Waals surface area contributed by atoms with E-state index in [9.17, 15) is 15.0 Å². The van der Waals surface area contributed by atoms with Crippen LogP contribution in [0.5, 0.6) is 5.75 Å². The smallest absolute Gasteiger partial charge is 0.343 e. The van der Waals surface area contributed by atoms with Gasteiger partial charge in [0.05, 0.1) is 6.61 Å². The molecule has 7 nitrogen and oxygen atoms in total. The highest BCUT2D eigenvalue weighted by Gasteiger charge is 2.51. The third kappa shape index (κ3) is 2.86. The fourth-order valence-corrected chi connectivity index (χ4v) is 2.55. The maximum Gasteiger partial charge on any atom is 0.343 e. The van der Waals surface area contributed by atoms with E-state index in [1.54, 1.807) is 38.1 Å². The Bertz CT molecular complexity index is 571. The summed E-state index contributed by atoms with van der Waals surface area (Å²) in [5.74, 6) is -1.44. The number of carbonyl (C=O) groups excluding carboxylic acids is 1. The summed E-state index contributed by atoms with van der Waals surface area (Å²) in [5, 5.41) is 20.1. The van der Waals surface area contributed by atoms with E-state index >= 15 is 0 Å². The van der Waals surface area contributed by atoms with E-state index in [-0.39, 0.29) is 6.61 Å². The van der Waals surface area contributed by atoms with Crippen molar-refractivity contribution in [3.8, 4) is 5.75 Å². The molecule has 0 saturated carbocycles. The molecule has 0 spiro atoms. The van der Waals surface area contributed by atoms with E-state index in [1.165, 1.54) is 0 Å². The Morgan fingerprint density at radius 1 is 1.18 bits per heavy atom. The largest absolute Gasteiger partial charge is 0.424 e. The van der Waals surface area contributed by atoms with Gasteiger partial charge in [0.15, 0.2) is 18.2 Å². The Hall–Kier alpha value is -1.51. The number of para-hydroxylation sites is 1. The monoisotopic (exact) mass is 310 g/mol. The van der Waals surface area contributed by atoms with E-state index in [4.69, 9.17) is 18.9 Å². The third-order valence-electron chi connectivity index (χ3n) is 3.58. The number of carbonyl (C=O) groups is 1. The summed E-state index contributed by atoms with van der Waals surface area (Å²) < 4.78 is 21.6. The second-order valence-electron chi connectivity index (χ2n) is 5.74. The number of benzene rings is 1. The standard InChI is InChI=1S/C15H18O7/c1-15(2)21-11-10(16)13(17)19-7-8-5-3-4-6-9(8)20-14(18)12(11)22-15/h3-6,10-13,16-17H,7H2,1-2H3/t10-,11+,12+,13?/m0/s1. The van der Waals surface area contributed by atoms with E-state index in [0.717, 1.165) is 0 Å². The van der Waals surface area contributed by atoms with Crippen LogP contribution in [0.4, 0.5) is 0 Å². The number of hydrogen-bond acceptors (Lipinski definition) is 7. The second kappa shape index (κ2) is 5.60. The Balaban J connectivity index is 1.96. The molecule has 1 fully saturated rings. The van der Waals surface area contributed by atoms with Gasteiger partial charge in [0, 0.05) is 5.56 Å². The average molecular weight is 310 g/mol. The number of aliphatic hydroxyl groups is 2. The highest BCUT2D eigenvalue weighted by molar-refractivity contribution is 5.78. The van der Waals surface area contributed by atoms with Crippen molar-refractivity contribution in [2.75, 3.05) is 0 Å². The maximum atomic E-state index is 12.4. The van der Waals surface area contributed by atoms with Gasteiger partial charge in [-0.3, -0.25) is 0 Å². The van der Waals surface area contributed by atoms with Crippen LogP contribution in [0, 0.1) is 0 Å². The Morgan fingerprint density at radius 2 is 1.91 bits per heavy atom. The first-order chi connectivity index (χ1) is 10.4. The molecule has 1 saturated heterocycles. The molecule has 22 heavy (non-hydrogen) atoms. The molecule has 0 radical (unpaired) electrons. The van der Waals surface area contributed by atoms with Crippen molar-refractivity contribution in [1.82, 2.24) is 0 Å². The Labute approximate surface area is 127 Å². The van der Waals surface area contributed by atoms with Gasteiger partial charge in [-0.1, -0.05) is 18.2 Å². The van der Waals surface area contributed by atoms with Gasteiger partial charge in [0.1, 0.15) is 18.0 Å². The number of rotatable bonds is 0. The molecule has 4 atom stereocenters. The molecule has 3 rings (SSSR count). The number of ether oxygens (including phenoxy) is 4. The summed E-state index contributed by atoms with van der Waals surface area (Å²) in [6, 6.07) is 6.80. The summed E-state index contributed by atoms with van der Waals surface area (Å²) >= 11 is 0. The highest BCUT2D eigenvalue weighted by Crippen LogP contribution is 2.33. The van der Waals surface area contributed by atoms with Gasteiger partial charge >= 0.3 is 5.97 Å². The van der Waals surface area contributed by atoms with E-state index in [0.29, 0.717) is 11.3 Å². The zero-order chi connectivity index (χ0) is 15.9. The molecule has 2 heterocycles. The van der Waals surface area contributed by atoms with Crippen molar-refractivity contribution in [1.29, 1.82) is 0 Å². The van der Waals surface area contributed by atoms with Gasteiger partial charge < -0.3 is 29.2 Å². The lowest BCUT2D eigenvalue weighted by Gasteiger charge is -2.27. The van der Waals surface area contributed by atoms with Crippen molar-refractivity contribution in [3.63, 3.8) is 0 Å². The molecule has 2 N–H and O–H groups in total. The van der Waals surface area contributed by atoms with Crippen molar-refractivity contribution in [2.45, 2.75) is 50.8 Å². The minimum atomic E-state index is -1.51. The average Bonchev–Trinajstić information content (AvgIpc) is 2.80. The topological polar surface area (TPSA) is 94.5 Å². The predicted molar refractivity (Wildman–Crippen MR) is 72.7 cm³/mol. The van der Waals surface area contributed by atoms with Crippen molar-refractivity contribution < 1.29 is 34.0 Å².